The van der Waals surface area contributed by atoms with Crippen LogP contribution in [0.5, 0.6) is 0 Å². The predicted molar refractivity (Wildman–Crippen MR) is 33.5 cm³/mol. The Morgan fingerprint density at radius 3 is 2.25 bits per heavy atom. The summed E-state index contributed by atoms with van der Waals surface area (Å²) in [5.41, 5.74) is 5.46. The summed E-state index contributed by atoms with van der Waals surface area (Å²) in [5.74, 6) is 0.326. The van der Waals surface area contributed by atoms with E-state index in [0.717, 1.165) is 6.29 Å². The largest absolute Gasteiger partial charge is 0.328 e. The van der Waals surface area contributed by atoms with Crippen molar-refractivity contribution in [3.8, 4) is 0 Å². The molecule has 48 valence electrons. The lowest BCUT2D eigenvalue weighted by Crippen LogP contribution is -2.24. The number of rotatable bonds is 3. The molecule has 0 amide bonds. The van der Waals surface area contributed by atoms with Crippen molar-refractivity contribution < 1.29 is 4.79 Å². The predicted octanol–water partition coefficient (Wildman–Crippen LogP) is 0.559. The highest BCUT2D eigenvalue weighted by Gasteiger charge is 2.04. The van der Waals surface area contributed by atoms with Crippen LogP contribution in [0.4, 0.5) is 0 Å². The Labute approximate surface area is 50.1 Å². The Bertz CT molecular complexity index is 70.9. The van der Waals surface area contributed by atoms with E-state index < -0.39 is 0 Å². The zero-order valence-electron chi connectivity index (χ0n) is 5.42. The van der Waals surface area contributed by atoms with Crippen molar-refractivity contribution in [3.63, 3.8) is 0 Å². The Balaban J connectivity index is 3.30. The minimum absolute atomic E-state index is 0.139. The number of hydrogen-bond donors (Lipinski definition) is 1. The number of carbonyl (C=O) groups excluding carboxylic acids is 1. The van der Waals surface area contributed by atoms with E-state index >= 15 is 0 Å². The molecule has 0 heterocycles. The summed E-state index contributed by atoms with van der Waals surface area (Å²) >= 11 is 0. The van der Waals surface area contributed by atoms with E-state index in [4.69, 9.17) is 5.73 Å². The first-order valence-electron chi connectivity index (χ1n) is 2.87. The molecule has 2 N–H and O–H groups in total. The van der Waals surface area contributed by atoms with Gasteiger partial charge in [0.1, 0.15) is 6.29 Å². The van der Waals surface area contributed by atoms with Crippen LogP contribution < -0.4 is 5.73 Å². The highest BCUT2D eigenvalue weighted by atomic mass is 16.1. The van der Waals surface area contributed by atoms with E-state index in [0.29, 0.717) is 12.3 Å². The van der Waals surface area contributed by atoms with Gasteiger partial charge in [0.05, 0.1) is 0 Å². The Morgan fingerprint density at radius 1 is 1.62 bits per heavy atom. The van der Waals surface area contributed by atoms with Gasteiger partial charge in [-0.1, -0.05) is 6.92 Å². The third kappa shape index (κ3) is 2.75. The maximum atomic E-state index is 9.86. The maximum absolute atomic E-state index is 9.86. The van der Waals surface area contributed by atoms with Crippen molar-refractivity contribution in [1.29, 1.82) is 0 Å². The molecule has 2 nitrogen and oxygen atoms in total. The van der Waals surface area contributed by atoms with Crippen molar-refractivity contribution >= 4 is 6.29 Å². The molecule has 2 unspecified atom stereocenters. The molecule has 0 aliphatic carbocycles. The molecule has 8 heavy (non-hydrogen) atoms. The smallest absolute Gasteiger partial charge is 0.120 e. The quantitative estimate of drug-likeness (QED) is 0.546. The zero-order chi connectivity index (χ0) is 6.57. The lowest BCUT2D eigenvalue weighted by molar-refractivity contribution is -0.108. The first-order chi connectivity index (χ1) is 3.68. The molecule has 0 rings (SSSR count). The molecule has 2 heteroatoms. The molecular weight excluding hydrogens is 102 g/mol. The van der Waals surface area contributed by atoms with Crippen LogP contribution in [0.1, 0.15) is 20.3 Å². The molecule has 0 aromatic carbocycles. The summed E-state index contributed by atoms with van der Waals surface area (Å²) in [6, 6.07) is 0.139. The van der Waals surface area contributed by atoms with Gasteiger partial charge < -0.3 is 10.5 Å². The van der Waals surface area contributed by atoms with Crippen LogP contribution in [0.25, 0.3) is 0 Å². The van der Waals surface area contributed by atoms with Gasteiger partial charge in [0.25, 0.3) is 0 Å². The standard InChI is InChI=1S/C6H13NO/c1-5(3-4-8)6(2)7/h4-6H,3,7H2,1-2H3. The lowest BCUT2D eigenvalue weighted by Gasteiger charge is -2.10. The first kappa shape index (κ1) is 7.63. The Kier molecular flexibility index (Phi) is 3.44. The SMILES string of the molecule is CC(N)C(C)CC=O. The highest BCUT2D eigenvalue weighted by molar-refractivity contribution is 5.49. The van der Waals surface area contributed by atoms with Crippen LogP contribution in [0.2, 0.25) is 0 Å². The summed E-state index contributed by atoms with van der Waals surface area (Å²) < 4.78 is 0. The number of nitrogens with two attached hydrogens (primary N) is 1. The van der Waals surface area contributed by atoms with Gasteiger partial charge in [-0.05, 0) is 12.8 Å². The van der Waals surface area contributed by atoms with Gasteiger partial charge >= 0.3 is 0 Å². The monoisotopic (exact) mass is 115 g/mol. The molecular formula is C6H13NO. The van der Waals surface area contributed by atoms with E-state index in [1.165, 1.54) is 0 Å². The van der Waals surface area contributed by atoms with Crippen molar-refractivity contribution in [2.24, 2.45) is 11.7 Å². The van der Waals surface area contributed by atoms with Crippen molar-refractivity contribution in [2.75, 3.05) is 0 Å². The fourth-order valence-electron chi connectivity index (χ4n) is 0.366. The zero-order valence-corrected chi connectivity index (χ0v) is 5.42. The Morgan fingerprint density at radius 2 is 2.12 bits per heavy atom. The van der Waals surface area contributed by atoms with E-state index in [-0.39, 0.29) is 6.04 Å². The molecule has 0 bridgehead atoms. The number of carbonyl (C=O) groups is 1. The molecule has 0 saturated heterocycles. The van der Waals surface area contributed by atoms with E-state index in [1.54, 1.807) is 0 Å². The van der Waals surface area contributed by atoms with Crippen LogP contribution in [-0.4, -0.2) is 12.3 Å². The molecule has 0 aliphatic heterocycles. The van der Waals surface area contributed by atoms with E-state index in [1.807, 2.05) is 13.8 Å². The van der Waals surface area contributed by atoms with Crippen molar-refractivity contribution in [1.82, 2.24) is 0 Å². The summed E-state index contributed by atoms with van der Waals surface area (Å²) in [5, 5.41) is 0. The topological polar surface area (TPSA) is 43.1 Å². The minimum Gasteiger partial charge on any atom is -0.328 e. The minimum atomic E-state index is 0.139. The van der Waals surface area contributed by atoms with Gasteiger partial charge in [-0.15, -0.1) is 0 Å². The first-order valence-corrected chi connectivity index (χ1v) is 2.87. The average molecular weight is 115 g/mol. The third-order valence-electron chi connectivity index (χ3n) is 1.37. The van der Waals surface area contributed by atoms with Gasteiger partial charge in [-0.2, -0.15) is 0 Å². The molecule has 0 radical (unpaired) electrons. The lowest BCUT2D eigenvalue weighted by atomic mass is 10.0. The molecule has 0 aliphatic rings. The second-order valence-electron chi connectivity index (χ2n) is 2.24. The van der Waals surface area contributed by atoms with Gasteiger partial charge in [0.2, 0.25) is 0 Å². The van der Waals surface area contributed by atoms with Crippen LogP contribution in [-0.2, 0) is 4.79 Å². The maximum Gasteiger partial charge on any atom is 0.120 e. The second-order valence-corrected chi connectivity index (χ2v) is 2.24. The normalized spacial score (nSPS) is 17.4. The molecule has 0 aromatic heterocycles. The van der Waals surface area contributed by atoms with E-state index in [9.17, 15) is 4.79 Å². The van der Waals surface area contributed by atoms with Gasteiger partial charge in [-0.25, -0.2) is 0 Å². The van der Waals surface area contributed by atoms with Crippen LogP contribution in [0, 0.1) is 5.92 Å². The third-order valence-corrected chi connectivity index (χ3v) is 1.37. The van der Waals surface area contributed by atoms with Crippen molar-refractivity contribution in [3.05, 3.63) is 0 Å². The van der Waals surface area contributed by atoms with Gasteiger partial charge in [-0.3, -0.25) is 0 Å². The van der Waals surface area contributed by atoms with Crippen LogP contribution in [0.15, 0.2) is 0 Å². The van der Waals surface area contributed by atoms with E-state index in [2.05, 4.69) is 0 Å². The second kappa shape index (κ2) is 3.61. The summed E-state index contributed by atoms with van der Waals surface area (Å²) in [6.45, 7) is 3.88. The van der Waals surface area contributed by atoms with Gasteiger partial charge in [0, 0.05) is 12.5 Å². The summed E-state index contributed by atoms with van der Waals surface area (Å²) in [4.78, 5) is 9.86. The number of hydrogen-bond acceptors (Lipinski definition) is 2. The van der Waals surface area contributed by atoms with Gasteiger partial charge in [0.15, 0.2) is 0 Å². The van der Waals surface area contributed by atoms with Crippen LogP contribution >= 0.6 is 0 Å². The summed E-state index contributed by atoms with van der Waals surface area (Å²) in [7, 11) is 0. The highest BCUT2D eigenvalue weighted by Crippen LogP contribution is 2.01. The molecule has 0 aromatic rings. The number of aldehydes is 1. The molecule has 2 atom stereocenters. The Hall–Kier alpha value is -0.370. The fourth-order valence-corrected chi connectivity index (χ4v) is 0.366. The van der Waals surface area contributed by atoms with Crippen LogP contribution in [0.3, 0.4) is 0 Å². The van der Waals surface area contributed by atoms with Crippen molar-refractivity contribution in [2.45, 2.75) is 26.3 Å². The summed E-state index contributed by atoms with van der Waals surface area (Å²) in [6.07, 6.45) is 1.49. The molecule has 0 fully saturated rings. The fraction of sp³-hybridized carbons (Fsp3) is 0.833. The molecule has 0 saturated carbocycles. The average Bonchev–Trinajstić information content (AvgIpc) is 1.67. The molecule has 0 spiro atoms.